The third kappa shape index (κ3) is 10.5. The number of ether oxygens (including phenoxy) is 4. The van der Waals surface area contributed by atoms with Gasteiger partial charge in [0.1, 0.15) is 12.4 Å². The zero-order chi connectivity index (χ0) is 35.4. The molecule has 2 unspecified atom stereocenters. The molecule has 6 rings (SSSR count). The highest BCUT2D eigenvalue weighted by Crippen LogP contribution is 2.33. The minimum Gasteiger partial charge on any atom is -0.768 e. The highest BCUT2D eigenvalue weighted by atomic mass is 32.2. The smallest absolute Gasteiger partial charge is 0.240 e. The van der Waals surface area contributed by atoms with Crippen molar-refractivity contribution >= 4 is 78.5 Å². The molecule has 0 radical (unpaired) electrons. The molecule has 5 aromatic rings. The summed E-state index contributed by atoms with van der Waals surface area (Å²) in [5, 5.41) is 6.17. The first-order valence-electron chi connectivity index (χ1n) is 16.5. The number of thioether (sulfide) groups is 1. The molecule has 1 fully saturated rings. The Morgan fingerprint density at radius 1 is 0.922 bits per heavy atom. The highest BCUT2D eigenvalue weighted by Gasteiger charge is 2.27. The van der Waals surface area contributed by atoms with Crippen molar-refractivity contribution in [1.29, 1.82) is 0 Å². The minimum absolute atomic E-state index is 0.0362. The van der Waals surface area contributed by atoms with Crippen molar-refractivity contribution < 1.29 is 37.3 Å². The van der Waals surface area contributed by atoms with Crippen LogP contribution in [0, 0.1) is 0 Å². The van der Waals surface area contributed by atoms with Crippen molar-refractivity contribution in [2.45, 2.75) is 40.7 Å². The van der Waals surface area contributed by atoms with Gasteiger partial charge in [-0.3, -0.25) is 24.1 Å². The van der Waals surface area contributed by atoms with Crippen molar-refractivity contribution in [3.63, 3.8) is 0 Å². The first kappa shape index (κ1) is 36.8. The van der Waals surface area contributed by atoms with E-state index in [1.165, 1.54) is 17.3 Å². The quantitative estimate of drug-likeness (QED) is 0.0596. The Hall–Kier alpha value is -3.96. The van der Waals surface area contributed by atoms with Gasteiger partial charge in [-0.25, -0.2) is 4.98 Å². The number of anilines is 2. The molecule has 1 aliphatic rings. The zero-order valence-corrected chi connectivity index (χ0v) is 30.1. The van der Waals surface area contributed by atoms with Gasteiger partial charge in [-0.15, -0.1) is 23.1 Å². The van der Waals surface area contributed by atoms with Gasteiger partial charge >= 0.3 is 0 Å². The molecule has 268 valence electrons. The summed E-state index contributed by atoms with van der Waals surface area (Å²) in [7, 11) is 0. The number of piperidine rings is 1. The fraction of sp³-hybridized carbons (Fsp3) is 0.333. The predicted molar refractivity (Wildman–Crippen MR) is 197 cm³/mol. The molecule has 0 bridgehead atoms. The molecule has 3 aromatic carbocycles. The van der Waals surface area contributed by atoms with Crippen LogP contribution in [0.5, 0.6) is 5.75 Å². The monoisotopic (exact) mass is 749 g/mol. The summed E-state index contributed by atoms with van der Waals surface area (Å²) in [6, 6.07) is 19.0. The number of carbonyl (C=O) groups is 2. The molecule has 1 saturated heterocycles. The van der Waals surface area contributed by atoms with Crippen LogP contribution < -0.4 is 15.4 Å². The summed E-state index contributed by atoms with van der Waals surface area (Å²) in [5.74, 6) is -0.209. The van der Waals surface area contributed by atoms with Crippen LogP contribution in [0.2, 0.25) is 0 Å². The van der Waals surface area contributed by atoms with Crippen LogP contribution in [0.4, 0.5) is 11.4 Å². The number of nitrogens with zero attached hydrogens (tertiary/aromatic N) is 2. The maximum atomic E-state index is 12.1. The Labute approximate surface area is 305 Å². The lowest BCUT2D eigenvalue weighted by molar-refractivity contribution is -0.132. The van der Waals surface area contributed by atoms with Gasteiger partial charge in [0, 0.05) is 46.9 Å². The van der Waals surface area contributed by atoms with Crippen LogP contribution in [0.1, 0.15) is 24.8 Å². The molecule has 12 nitrogen and oxygen atoms in total. The number of fused-ring (bicyclic) bond motifs is 2. The largest absolute Gasteiger partial charge is 0.768 e. The van der Waals surface area contributed by atoms with Crippen molar-refractivity contribution in [2.75, 3.05) is 51.6 Å². The van der Waals surface area contributed by atoms with Gasteiger partial charge in [-0.1, -0.05) is 12.1 Å². The normalized spacial score (nSPS) is 15.3. The van der Waals surface area contributed by atoms with Gasteiger partial charge in [0.15, 0.2) is 0 Å². The lowest BCUT2D eigenvalue weighted by Crippen LogP contribution is -2.42. The molecule has 1 aliphatic heterocycles. The van der Waals surface area contributed by atoms with E-state index in [9.17, 15) is 18.4 Å². The van der Waals surface area contributed by atoms with E-state index < -0.39 is 11.1 Å². The molecule has 2 N–H and O–H groups in total. The Kier molecular flexibility index (Phi) is 13.4. The maximum absolute atomic E-state index is 12.1. The fourth-order valence-corrected chi connectivity index (χ4v) is 7.71. The molecular formula is C36H37N4O8S3-. The van der Waals surface area contributed by atoms with E-state index in [-0.39, 0.29) is 40.9 Å². The topological polar surface area (TPSA) is 161 Å². The summed E-state index contributed by atoms with van der Waals surface area (Å²) in [4.78, 5) is 33.3. The number of pyridine rings is 1. The summed E-state index contributed by atoms with van der Waals surface area (Å²) in [5.41, 5.74) is 5.99. The average Bonchev–Trinajstić information content (AvgIpc) is 3.59. The number of amides is 2. The van der Waals surface area contributed by atoms with E-state index in [0.29, 0.717) is 62.5 Å². The van der Waals surface area contributed by atoms with Crippen molar-refractivity contribution in [3.05, 3.63) is 77.9 Å². The van der Waals surface area contributed by atoms with Gasteiger partial charge in [0.25, 0.3) is 0 Å². The van der Waals surface area contributed by atoms with Crippen molar-refractivity contribution in [3.8, 4) is 5.75 Å². The Bertz CT molecular complexity index is 1990. The second-order valence-corrected chi connectivity index (χ2v) is 14.6. The average molecular weight is 750 g/mol. The third-order valence-electron chi connectivity index (χ3n) is 7.94. The second kappa shape index (κ2) is 18.5. The van der Waals surface area contributed by atoms with Crippen LogP contribution in [0.15, 0.2) is 82.2 Å². The highest BCUT2D eigenvalue weighted by molar-refractivity contribution is 8.00. The Morgan fingerprint density at radius 3 is 2.53 bits per heavy atom. The number of nitrogens with one attached hydrogen (secondary N) is 2. The molecule has 51 heavy (non-hydrogen) atoms. The molecular weight excluding hydrogens is 713 g/mol. The fourth-order valence-electron chi connectivity index (χ4n) is 5.45. The van der Waals surface area contributed by atoms with Crippen molar-refractivity contribution in [1.82, 2.24) is 15.3 Å². The van der Waals surface area contributed by atoms with Crippen LogP contribution in [0.3, 0.4) is 0 Å². The molecule has 2 amide bonds. The van der Waals surface area contributed by atoms with E-state index in [1.54, 1.807) is 41.2 Å². The van der Waals surface area contributed by atoms with Crippen molar-refractivity contribution in [2.24, 2.45) is 0 Å². The number of aromatic nitrogens is 2. The second-order valence-electron chi connectivity index (χ2n) is 11.6. The molecule has 0 spiro atoms. The predicted octanol–water partition coefficient (Wildman–Crippen LogP) is 5.78. The number of benzene rings is 3. The number of hydrogen-bond donors (Lipinski definition) is 2. The molecule has 0 aliphatic carbocycles. The van der Waals surface area contributed by atoms with Gasteiger partial charge in [0.05, 0.1) is 64.4 Å². The Balaban J connectivity index is 0.847. The van der Waals surface area contributed by atoms with Gasteiger partial charge in [-0.2, -0.15) is 0 Å². The summed E-state index contributed by atoms with van der Waals surface area (Å²) in [6.45, 7) is 2.67. The van der Waals surface area contributed by atoms with Crippen LogP contribution >= 0.6 is 23.1 Å². The number of thiazole rings is 1. The number of carbonyl (C=O) groups excluding carboxylic acids is 2. The first-order valence-corrected chi connectivity index (χ1v) is 19.3. The van der Waals surface area contributed by atoms with Crippen LogP contribution in [0.25, 0.3) is 21.1 Å². The number of imide groups is 1. The van der Waals surface area contributed by atoms with E-state index in [2.05, 4.69) is 32.7 Å². The molecule has 3 heterocycles. The molecule has 2 atom stereocenters. The maximum Gasteiger partial charge on any atom is 0.240 e. The summed E-state index contributed by atoms with van der Waals surface area (Å²) < 4.78 is 48.0. The van der Waals surface area contributed by atoms with E-state index in [4.69, 9.17) is 18.9 Å². The summed E-state index contributed by atoms with van der Waals surface area (Å²) in [6.07, 6.45) is 4.30. The third-order valence-corrected chi connectivity index (χ3v) is 10.7. The summed E-state index contributed by atoms with van der Waals surface area (Å²) >= 11 is 0.533. The lowest BCUT2D eigenvalue weighted by Gasteiger charge is -2.20. The van der Waals surface area contributed by atoms with Gasteiger partial charge in [0.2, 0.25) is 11.8 Å². The zero-order valence-electron chi connectivity index (χ0n) is 27.7. The van der Waals surface area contributed by atoms with E-state index in [1.807, 2.05) is 30.3 Å². The molecule has 15 heteroatoms. The lowest BCUT2D eigenvalue weighted by atomic mass is 10.1. The first-order chi connectivity index (χ1) is 24.9. The van der Waals surface area contributed by atoms with E-state index >= 15 is 0 Å². The number of hydrogen-bond acceptors (Lipinski definition) is 13. The Morgan fingerprint density at radius 2 is 1.73 bits per heavy atom. The standard InChI is InChI=1S/C36H38N4O8S3/c41-35-9-8-33(36(42)40-35)50-26-5-1-3-24(19-26)4-2-12-45-13-14-46-15-16-47-17-18-48-31-22-29-27(21-34(31)51(43)44)28(10-11-37-29)39-25-6-7-32-30(20-25)38-23-49-32/h1,3,5-7,10-11,19-23,33H,2,4,8-9,12-18H2,(H,37,39)(H,43,44)(H,40,41,42)/p-1. The van der Waals surface area contributed by atoms with Gasteiger partial charge < -0.3 is 28.8 Å². The number of aryl methyl sites for hydroxylation is 1. The van der Waals surface area contributed by atoms with Crippen LogP contribution in [-0.2, 0) is 41.3 Å². The SMILES string of the molecule is O=C1CCC(Sc2cccc(CCCOCCOCCOCCOc3cc4nccc(Nc5ccc6scnc6c5)c4cc3S(=O)[O-])c2)C(=O)N1. The molecule has 0 saturated carbocycles. The van der Waals surface area contributed by atoms with Crippen LogP contribution in [-0.4, -0.2) is 82.0 Å². The number of rotatable bonds is 19. The minimum atomic E-state index is -2.53. The van der Waals surface area contributed by atoms with E-state index in [0.717, 1.165) is 33.6 Å². The van der Waals surface area contributed by atoms with Gasteiger partial charge in [-0.05, 0) is 78.4 Å². The molecule has 2 aromatic heterocycles.